The second-order valence-corrected chi connectivity index (χ2v) is 9.10. The highest BCUT2D eigenvalue weighted by molar-refractivity contribution is 6.32. The van der Waals surface area contributed by atoms with E-state index in [1.165, 1.54) is 0 Å². The van der Waals surface area contributed by atoms with Crippen LogP contribution in [-0.4, -0.2) is 18.2 Å². The molecule has 1 unspecified atom stereocenters. The highest BCUT2D eigenvalue weighted by atomic mass is 35.5. The summed E-state index contributed by atoms with van der Waals surface area (Å²) in [6.07, 6.45) is 3.64. The first-order chi connectivity index (χ1) is 15.0. The minimum Gasteiger partial charge on any atom is -0.387 e. The standard InChI is InChI=1S/C26H24Cl3NO/c1-2-3-10-30-15-25(31)24-14-19(29)13-23-21(11-16-4-6-17(27)7-5-16)22-12-18(28)8-9-20(22)26(23)24/h4-9,11-14,25,30-31H,2-3,10,15H2,1H3/b21-11-. The smallest absolute Gasteiger partial charge is 0.0921 e. The van der Waals surface area contributed by atoms with Crippen molar-refractivity contribution in [3.05, 3.63) is 91.9 Å². The number of halogens is 3. The first-order valence-corrected chi connectivity index (χ1v) is 11.6. The summed E-state index contributed by atoms with van der Waals surface area (Å²) in [5.41, 5.74) is 7.00. The zero-order chi connectivity index (χ0) is 22.0. The molecule has 0 amide bonds. The van der Waals surface area contributed by atoms with Crippen LogP contribution in [0.4, 0.5) is 0 Å². The Balaban J connectivity index is 1.83. The van der Waals surface area contributed by atoms with E-state index in [2.05, 4.69) is 18.3 Å². The molecule has 2 nitrogen and oxygen atoms in total. The van der Waals surface area contributed by atoms with Crippen molar-refractivity contribution in [2.75, 3.05) is 13.1 Å². The van der Waals surface area contributed by atoms with Gasteiger partial charge in [0.1, 0.15) is 0 Å². The van der Waals surface area contributed by atoms with Crippen LogP contribution in [0.15, 0.2) is 54.6 Å². The third kappa shape index (κ3) is 4.84. The SMILES string of the molecule is CCCCNCC(O)c1cc(Cl)cc2c1-c1ccc(Cl)cc1/C2=C/c1ccc(Cl)cc1. The fourth-order valence-electron chi connectivity index (χ4n) is 4.04. The third-order valence-corrected chi connectivity index (χ3v) is 6.26. The van der Waals surface area contributed by atoms with Crippen LogP contribution in [0.2, 0.25) is 15.1 Å². The zero-order valence-corrected chi connectivity index (χ0v) is 19.5. The summed E-state index contributed by atoms with van der Waals surface area (Å²) in [6, 6.07) is 17.4. The van der Waals surface area contributed by atoms with E-state index in [9.17, 15) is 5.11 Å². The molecule has 3 aromatic rings. The molecule has 1 aliphatic rings. The van der Waals surface area contributed by atoms with Crippen LogP contribution < -0.4 is 5.32 Å². The van der Waals surface area contributed by atoms with Crippen molar-refractivity contribution in [1.29, 1.82) is 0 Å². The molecule has 0 aromatic heterocycles. The summed E-state index contributed by atoms with van der Waals surface area (Å²) >= 11 is 18.9. The molecule has 0 radical (unpaired) electrons. The number of benzene rings is 3. The number of nitrogens with one attached hydrogen (secondary N) is 1. The molecular formula is C26H24Cl3NO. The molecule has 0 bridgehead atoms. The number of hydrogen-bond donors (Lipinski definition) is 2. The summed E-state index contributed by atoms with van der Waals surface area (Å²) in [6.45, 7) is 3.51. The molecule has 0 saturated carbocycles. The van der Waals surface area contributed by atoms with Crippen LogP contribution in [0.25, 0.3) is 22.8 Å². The Morgan fingerprint density at radius 3 is 2.32 bits per heavy atom. The number of aliphatic hydroxyl groups is 1. The maximum atomic E-state index is 11.0. The Morgan fingerprint density at radius 1 is 0.871 bits per heavy atom. The topological polar surface area (TPSA) is 32.3 Å². The molecule has 0 fully saturated rings. The Bertz CT molecular complexity index is 1120. The van der Waals surface area contributed by atoms with Crippen LogP contribution in [0.3, 0.4) is 0 Å². The second-order valence-electron chi connectivity index (χ2n) is 7.79. The van der Waals surface area contributed by atoms with Gasteiger partial charge in [-0.3, -0.25) is 0 Å². The zero-order valence-electron chi connectivity index (χ0n) is 17.3. The summed E-state index contributed by atoms with van der Waals surface area (Å²) in [5, 5.41) is 16.3. The maximum absolute atomic E-state index is 11.0. The predicted octanol–water partition coefficient (Wildman–Crippen LogP) is 7.64. The van der Waals surface area contributed by atoms with Crippen molar-refractivity contribution >= 4 is 46.5 Å². The Kier molecular flexibility index (Phi) is 7.05. The summed E-state index contributed by atoms with van der Waals surface area (Å²) in [5.74, 6) is 0. The Hall–Kier alpha value is -1.81. The van der Waals surface area contributed by atoms with Gasteiger partial charge >= 0.3 is 0 Å². The van der Waals surface area contributed by atoms with Gasteiger partial charge < -0.3 is 10.4 Å². The molecule has 4 rings (SSSR count). The maximum Gasteiger partial charge on any atom is 0.0921 e. The molecule has 0 aliphatic heterocycles. The molecule has 5 heteroatoms. The van der Waals surface area contributed by atoms with Crippen LogP contribution >= 0.6 is 34.8 Å². The van der Waals surface area contributed by atoms with E-state index in [0.717, 1.165) is 58.3 Å². The van der Waals surface area contributed by atoms with Crippen LogP contribution in [-0.2, 0) is 0 Å². The highest BCUT2D eigenvalue weighted by Gasteiger charge is 2.29. The first-order valence-electron chi connectivity index (χ1n) is 10.5. The fraction of sp³-hybridized carbons (Fsp3) is 0.231. The van der Waals surface area contributed by atoms with Crippen molar-refractivity contribution in [2.24, 2.45) is 0 Å². The van der Waals surface area contributed by atoms with Gasteiger partial charge in [0.05, 0.1) is 6.10 Å². The molecule has 0 saturated heterocycles. The lowest BCUT2D eigenvalue weighted by Gasteiger charge is -2.17. The van der Waals surface area contributed by atoms with Crippen molar-refractivity contribution in [2.45, 2.75) is 25.9 Å². The van der Waals surface area contributed by atoms with E-state index >= 15 is 0 Å². The second kappa shape index (κ2) is 9.77. The van der Waals surface area contributed by atoms with E-state index in [4.69, 9.17) is 34.8 Å². The van der Waals surface area contributed by atoms with Gasteiger partial charge in [-0.1, -0.05) is 66.3 Å². The molecule has 160 valence electrons. The van der Waals surface area contributed by atoms with E-state index in [-0.39, 0.29) is 0 Å². The molecule has 0 heterocycles. The lowest BCUT2D eigenvalue weighted by molar-refractivity contribution is 0.175. The molecule has 1 atom stereocenters. The lowest BCUT2D eigenvalue weighted by Crippen LogP contribution is -2.22. The van der Waals surface area contributed by atoms with Gasteiger partial charge in [0.2, 0.25) is 0 Å². The molecule has 3 aromatic carbocycles. The van der Waals surface area contributed by atoms with Gasteiger partial charge in [-0.05, 0) is 94.4 Å². The number of fused-ring (bicyclic) bond motifs is 3. The largest absolute Gasteiger partial charge is 0.387 e. The average molecular weight is 473 g/mol. The minimum atomic E-state index is -0.664. The van der Waals surface area contributed by atoms with Crippen molar-refractivity contribution in [3.8, 4) is 11.1 Å². The molecule has 0 spiro atoms. The quantitative estimate of drug-likeness (QED) is 0.271. The van der Waals surface area contributed by atoms with E-state index in [1.54, 1.807) is 0 Å². The summed E-state index contributed by atoms with van der Waals surface area (Å²) in [4.78, 5) is 0. The highest BCUT2D eigenvalue weighted by Crippen LogP contribution is 2.49. The molecule has 31 heavy (non-hydrogen) atoms. The van der Waals surface area contributed by atoms with Gasteiger partial charge in [0, 0.05) is 21.6 Å². The lowest BCUT2D eigenvalue weighted by atomic mass is 9.95. The predicted molar refractivity (Wildman–Crippen MR) is 133 cm³/mol. The normalized spacial score (nSPS) is 14.5. The Labute approximate surface area is 198 Å². The van der Waals surface area contributed by atoms with Crippen molar-refractivity contribution < 1.29 is 5.11 Å². The number of unbranched alkanes of at least 4 members (excludes halogenated alkanes) is 1. The number of aliphatic hydroxyl groups excluding tert-OH is 1. The average Bonchev–Trinajstić information content (AvgIpc) is 3.04. The van der Waals surface area contributed by atoms with E-state index in [0.29, 0.717) is 21.6 Å². The first kappa shape index (κ1) is 22.4. The minimum absolute atomic E-state index is 0.478. The van der Waals surface area contributed by atoms with Crippen LogP contribution in [0, 0.1) is 0 Å². The van der Waals surface area contributed by atoms with Crippen molar-refractivity contribution in [3.63, 3.8) is 0 Å². The Morgan fingerprint density at radius 2 is 1.58 bits per heavy atom. The van der Waals surface area contributed by atoms with E-state index in [1.807, 2.05) is 54.6 Å². The molecule has 1 aliphatic carbocycles. The summed E-state index contributed by atoms with van der Waals surface area (Å²) in [7, 11) is 0. The fourth-order valence-corrected chi connectivity index (χ4v) is 4.56. The van der Waals surface area contributed by atoms with Crippen molar-refractivity contribution in [1.82, 2.24) is 5.32 Å². The third-order valence-electron chi connectivity index (χ3n) is 5.55. The molecule has 2 N–H and O–H groups in total. The van der Waals surface area contributed by atoms with Gasteiger partial charge in [-0.25, -0.2) is 0 Å². The van der Waals surface area contributed by atoms with Gasteiger partial charge in [-0.2, -0.15) is 0 Å². The van der Waals surface area contributed by atoms with Gasteiger partial charge in [0.15, 0.2) is 0 Å². The number of hydrogen-bond acceptors (Lipinski definition) is 2. The van der Waals surface area contributed by atoms with Gasteiger partial charge in [-0.15, -0.1) is 0 Å². The van der Waals surface area contributed by atoms with Gasteiger partial charge in [0.25, 0.3) is 0 Å². The molecular weight excluding hydrogens is 449 g/mol. The van der Waals surface area contributed by atoms with E-state index < -0.39 is 6.10 Å². The van der Waals surface area contributed by atoms with Crippen LogP contribution in [0.1, 0.15) is 48.1 Å². The number of rotatable bonds is 7. The van der Waals surface area contributed by atoms with Crippen LogP contribution in [0.5, 0.6) is 0 Å². The monoisotopic (exact) mass is 471 g/mol. The summed E-state index contributed by atoms with van der Waals surface area (Å²) < 4.78 is 0.